The molecule has 1 aromatic rings. The van der Waals surface area contributed by atoms with Gasteiger partial charge in [0.2, 0.25) is 10.0 Å². The second kappa shape index (κ2) is 7.09. The minimum absolute atomic E-state index is 0.203. The summed E-state index contributed by atoms with van der Waals surface area (Å²) in [5, 5.41) is 4.17. The summed E-state index contributed by atoms with van der Waals surface area (Å²) in [4.78, 5) is 34.4. The third kappa shape index (κ3) is 4.27. The van der Waals surface area contributed by atoms with Gasteiger partial charge in [0.1, 0.15) is 0 Å². The van der Waals surface area contributed by atoms with Crippen molar-refractivity contribution in [1.82, 2.24) is 10.6 Å². The lowest BCUT2D eigenvalue weighted by molar-refractivity contribution is -0.123. The van der Waals surface area contributed by atoms with E-state index < -0.39 is 34.5 Å². The number of urea groups is 1. The summed E-state index contributed by atoms with van der Waals surface area (Å²) in [6.07, 6.45) is 1.60. The second-order valence-corrected chi connectivity index (χ2v) is 7.52. The largest absolute Gasteiger partial charge is 0.452 e. The van der Waals surface area contributed by atoms with Crippen LogP contribution in [-0.4, -0.2) is 52.3 Å². The number of rotatable bonds is 4. The van der Waals surface area contributed by atoms with Gasteiger partial charge < -0.3 is 10.1 Å². The molecule has 0 fully saturated rings. The van der Waals surface area contributed by atoms with Gasteiger partial charge >= 0.3 is 12.0 Å². The van der Waals surface area contributed by atoms with Crippen molar-refractivity contribution in [2.24, 2.45) is 0 Å². The first kappa shape index (κ1) is 18.7. The standard InChI is InChI=1S/C15H19N3O6S/c1-9-6-11-7-10(4-5-12(11)18(9)25(3,22)23)14(20)24-8-13(19)17-15(21)16-2/h4-5,7,9H,6,8H2,1-3H3,(H2,16,17,19,21)/t9-/m1/s1. The van der Waals surface area contributed by atoms with E-state index >= 15 is 0 Å². The first-order chi connectivity index (χ1) is 11.6. The molecule has 9 nitrogen and oxygen atoms in total. The summed E-state index contributed by atoms with van der Waals surface area (Å²) in [7, 11) is -2.06. The molecule has 25 heavy (non-hydrogen) atoms. The summed E-state index contributed by atoms with van der Waals surface area (Å²) in [6, 6.07) is 3.59. The van der Waals surface area contributed by atoms with Gasteiger partial charge in [-0.25, -0.2) is 18.0 Å². The Morgan fingerprint density at radius 1 is 1.32 bits per heavy atom. The van der Waals surface area contributed by atoms with Crippen LogP contribution in [0.15, 0.2) is 18.2 Å². The lowest BCUT2D eigenvalue weighted by Gasteiger charge is -2.21. The Balaban J connectivity index is 2.08. The number of esters is 1. The molecule has 0 saturated heterocycles. The number of benzene rings is 1. The summed E-state index contributed by atoms with van der Waals surface area (Å²) >= 11 is 0. The van der Waals surface area contributed by atoms with Gasteiger partial charge in [-0.3, -0.25) is 14.4 Å². The van der Waals surface area contributed by atoms with Crippen molar-refractivity contribution in [3.63, 3.8) is 0 Å². The molecule has 0 aromatic heterocycles. The first-order valence-electron chi connectivity index (χ1n) is 7.44. The van der Waals surface area contributed by atoms with Gasteiger partial charge in [-0.15, -0.1) is 0 Å². The van der Waals surface area contributed by atoms with Crippen LogP contribution < -0.4 is 14.9 Å². The molecule has 2 N–H and O–H groups in total. The first-order valence-corrected chi connectivity index (χ1v) is 9.29. The molecule has 1 atom stereocenters. The van der Waals surface area contributed by atoms with Crippen molar-refractivity contribution in [3.05, 3.63) is 29.3 Å². The molecule has 2 rings (SSSR count). The third-order valence-electron chi connectivity index (χ3n) is 3.64. The Bertz CT molecular complexity index is 821. The van der Waals surface area contributed by atoms with Crippen molar-refractivity contribution in [3.8, 4) is 0 Å². The number of nitrogens with zero attached hydrogens (tertiary/aromatic N) is 1. The second-order valence-electron chi connectivity index (χ2n) is 5.66. The zero-order valence-corrected chi connectivity index (χ0v) is 14.8. The molecule has 10 heteroatoms. The Morgan fingerprint density at radius 3 is 2.60 bits per heavy atom. The Morgan fingerprint density at radius 2 is 2.00 bits per heavy atom. The number of fused-ring (bicyclic) bond motifs is 1. The summed E-state index contributed by atoms with van der Waals surface area (Å²) < 4.78 is 29.9. The number of imide groups is 1. The van der Waals surface area contributed by atoms with Crippen LogP contribution in [0.5, 0.6) is 0 Å². The van der Waals surface area contributed by atoms with Crippen molar-refractivity contribution in [1.29, 1.82) is 0 Å². The number of nitrogens with one attached hydrogen (secondary N) is 2. The molecule has 0 radical (unpaired) electrons. The summed E-state index contributed by atoms with van der Waals surface area (Å²) in [5.74, 6) is -1.49. The average Bonchev–Trinajstić information content (AvgIpc) is 2.87. The summed E-state index contributed by atoms with van der Waals surface area (Å²) in [6.45, 7) is 1.18. The van der Waals surface area contributed by atoms with Gasteiger partial charge in [0.25, 0.3) is 5.91 Å². The number of amides is 3. The maximum absolute atomic E-state index is 12.0. The molecular formula is C15H19N3O6S. The van der Waals surface area contributed by atoms with Gasteiger partial charge in [0.05, 0.1) is 17.5 Å². The smallest absolute Gasteiger partial charge is 0.338 e. The number of sulfonamides is 1. The van der Waals surface area contributed by atoms with Crippen LogP contribution >= 0.6 is 0 Å². The number of carbonyl (C=O) groups is 3. The molecule has 0 saturated carbocycles. The summed E-state index contributed by atoms with van der Waals surface area (Å²) in [5.41, 5.74) is 1.44. The fourth-order valence-electron chi connectivity index (χ4n) is 2.67. The van der Waals surface area contributed by atoms with Gasteiger partial charge in [-0.1, -0.05) is 0 Å². The highest BCUT2D eigenvalue weighted by Gasteiger charge is 2.32. The molecular weight excluding hydrogens is 350 g/mol. The highest BCUT2D eigenvalue weighted by molar-refractivity contribution is 7.92. The molecule has 136 valence electrons. The van der Waals surface area contributed by atoms with Crippen LogP contribution in [0.4, 0.5) is 10.5 Å². The van der Waals surface area contributed by atoms with E-state index in [-0.39, 0.29) is 11.6 Å². The van der Waals surface area contributed by atoms with E-state index in [1.54, 1.807) is 19.1 Å². The topological polar surface area (TPSA) is 122 Å². The monoisotopic (exact) mass is 369 g/mol. The third-order valence-corrected chi connectivity index (χ3v) is 4.91. The van der Waals surface area contributed by atoms with Gasteiger partial charge in [0.15, 0.2) is 6.61 Å². The molecule has 0 bridgehead atoms. The number of ether oxygens (including phenoxy) is 1. The Hall–Kier alpha value is -2.62. The van der Waals surface area contributed by atoms with Crippen LogP contribution in [0.25, 0.3) is 0 Å². The van der Waals surface area contributed by atoms with Crippen LogP contribution in [-0.2, 0) is 26.0 Å². The van der Waals surface area contributed by atoms with Crippen LogP contribution in [0.1, 0.15) is 22.8 Å². The van der Waals surface area contributed by atoms with Gasteiger partial charge in [-0.05, 0) is 37.1 Å². The van der Waals surface area contributed by atoms with E-state index in [1.807, 2.05) is 5.32 Å². The molecule has 0 unspecified atom stereocenters. The van der Waals surface area contributed by atoms with Crippen molar-refractivity contribution in [2.75, 3.05) is 24.2 Å². The maximum atomic E-state index is 12.0. The van der Waals surface area contributed by atoms with Gasteiger partial charge in [0, 0.05) is 13.1 Å². The fraction of sp³-hybridized carbons (Fsp3) is 0.400. The predicted molar refractivity (Wildman–Crippen MR) is 89.8 cm³/mol. The van der Waals surface area contributed by atoms with E-state index in [4.69, 9.17) is 4.74 Å². The highest BCUT2D eigenvalue weighted by Crippen LogP contribution is 2.34. The number of anilines is 1. The fourth-order valence-corrected chi connectivity index (χ4v) is 3.94. The van der Waals surface area contributed by atoms with Crippen LogP contribution in [0.2, 0.25) is 0 Å². The number of hydrogen-bond acceptors (Lipinski definition) is 6. The zero-order chi connectivity index (χ0) is 18.8. The zero-order valence-electron chi connectivity index (χ0n) is 14.0. The quantitative estimate of drug-likeness (QED) is 0.721. The van der Waals surface area contributed by atoms with Crippen LogP contribution in [0.3, 0.4) is 0 Å². The molecule has 3 amide bonds. The maximum Gasteiger partial charge on any atom is 0.338 e. The SMILES string of the molecule is CNC(=O)NC(=O)COC(=O)c1ccc2c(c1)C[C@@H](C)N2S(C)(=O)=O. The molecule has 1 aromatic carbocycles. The lowest BCUT2D eigenvalue weighted by Crippen LogP contribution is -2.39. The van der Waals surface area contributed by atoms with E-state index in [1.165, 1.54) is 17.4 Å². The predicted octanol–water partition coefficient (Wildman–Crippen LogP) is 0.00960. The minimum Gasteiger partial charge on any atom is -0.452 e. The molecule has 1 aliphatic rings. The van der Waals surface area contributed by atoms with Crippen molar-refractivity contribution in [2.45, 2.75) is 19.4 Å². The molecule has 0 aliphatic carbocycles. The number of carbonyl (C=O) groups excluding carboxylic acids is 3. The lowest BCUT2D eigenvalue weighted by atomic mass is 10.1. The van der Waals surface area contributed by atoms with Crippen molar-refractivity contribution < 1.29 is 27.5 Å². The van der Waals surface area contributed by atoms with Crippen molar-refractivity contribution >= 4 is 33.6 Å². The van der Waals surface area contributed by atoms with E-state index in [0.29, 0.717) is 17.7 Å². The minimum atomic E-state index is -3.41. The number of hydrogen-bond donors (Lipinski definition) is 2. The normalized spacial score (nSPS) is 16.1. The van der Waals surface area contributed by atoms with E-state index in [9.17, 15) is 22.8 Å². The van der Waals surface area contributed by atoms with Crippen LogP contribution in [0, 0.1) is 0 Å². The van der Waals surface area contributed by atoms with E-state index in [0.717, 1.165) is 6.26 Å². The van der Waals surface area contributed by atoms with E-state index in [2.05, 4.69) is 5.32 Å². The highest BCUT2D eigenvalue weighted by atomic mass is 32.2. The molecule has 0 spiro atoms. The molecule has 1 heterocycles. The van der Waals surface area contributed by atoms with Gasteiger partial charge in [-0.2, -0.15) is 0 Å². The Kier molecular flexibility index (Phi) is 5.31. The Labute approximate surface area is 145 Å². The average molecular weight is 369 g/mol. The molecule has 1 aliphatic heterocycles.